The maximum absolute atomic E-state index is 12.5. The third-order valence-corrected chi connectivity index (χ3v) is 5.03. The average Bonchev–Trinajstić information content (AvgIpc) is 3.16. The molecule has 4 heteroatoms. The lowest BCUT2D eigenvalue weighted by Crippen LogP contribution is -2.47. The Bertz CT molecular complexity index is 337. The molecule has 20 heavy (non-hydrogen) atoms. The summed E-state index contributed by atoms with van der Waals surface area (Å²) in [6.45, 7) is 7.08. The summed E-state index contributed by atoms with van der Waals surface area (Å²) in [6.07, 6.45) is 7.61. The highest BCUT2D eigenvalue weighted by Gasteiger charge is 2.33. The van der Waals surface area contributed by atoms with Gasteiger partial charge in [-0.3, -0.25) is 9.69 Å². The fourth-order valence-corrected chi connectivity index (χ4v) is 3.67. The number of carbonyl (C=O) groups excluding carboxylic acids is 1. The SMILES string of the molecule is CC1CCCN(C(=O)CN(CC2CCCN2)C2CC2)C1. The number of hydrogen-bond acceptors (Lipinski definition) is 3. The molecule has 0 aromatic rings. The molecule has 1 saturated carbocycles. The molecule has 2 heterocycles. The summed E-state index contributed by atoms with van der Waals surface area (Å²) in [5.41, 5.74) is 0. The molecule has 3 aliphatic rings. The molecular weight excluding hydrogens is 250 g/mol. The standard InChI is InChI=1S/C16H29N3O/c1-13-4-3-9-18(10-13)16(20)12-19(15-6-7-15)11-14-5-2-8-17-14/h13-15,17H,2-12H2,1H3. The Balaban J connectivity index is 1.51. The molecule has 0 radical (unpaired) electrons. The number of carbonyl (C=O) groups is 1. The van der Waals surface area contributed by atoms with Crippen LogP contribution in [0.3, 0.4) is 0 Å². The van der Waals surface area contributed by atoms with Crippen molar-refractivity contribution >= 4 is 5.91 Å². The number of rotatable bonds is 5. The van der Waals surface area contributed by atoms with Gasteiger partial charge in [-0.05, 0) is 51.0 Å². The third-order valence-electron chi connectivity index (χ3n) is 5.03. The van der Waals surface area contributed by atoms with Crippen LogP contribution in [-0.2, 0) is 4.79 Å². The van der Waals surface area contributed by atoms with Crippen LogP contribution in [0.5, 0.6) is 0 Å². The van der Waals surface area contributed by atoms with E-state index < -0.39 is 0 Å². The first-order valence-corrected chi connectivity index (χ1v) is 8.47. The lowest BCUT2D eigenvalue weighted by Gasteiger charge is -2.33. The van der Waals surface area contributed by atoms with Gasteiger partial charge >= 0.3 is 0 Å². The van der Waals surface area contributed by atoms with E-state index in [1.807, 2.05) is 0 Å². The largest absolute Gasteiger partial charge is 0.341 e. The lowest BCUT2D eigenvalue weighted by molar-refractivity contribution is -0.134. The van der Waals surface area contributed by atoms with Gasteiger partial charge in [-0.15, -0.1) is 0 Å². The van der Waals surface area contributed by atoms with Crippen LogP contribution in [0, 0.1) is 5.92 Å². The first kappa shape index (κ1) is 14.3. The van der Waals surface area contributed by atoms with E-state index in [0.29, 0.717) is 30.5 Å². The molecule has 1 aliphatic carbocycles. The van der Waals surface area contributed by atoms with Gasteiger partial charge in [0.15, 0.2) is 0 Å². The highest BCUT2D eigenvalue weighted by Crippen LogP contribution is 2.28. The summed E-state index contributed by atoms with van der Waals surface area (Å²) in [7, 11) is 0. The molecule has 3 fully saturated rings. The van der Waals surface area contributed by atoms with Crippen LogP contribution in [0.25, 0.3) is 0 Å². The Morgan fingerprint density at radius 3 is 2.75 bits per heavy atom. The van der Waals surface area contributed by atoms with Crippen molar-refractivity contribution in [1.82, 2.24) is 15.1 Å². The van der Waals surface area contributed by atoms with E-state index >= 15 is 0 Å². The third kappa shape index (κ3) is 3.73. The molecule has 2 unspecified atom stereocenters. The van der Waals surface area contributed by atoms with Crippen LogP contribution in [-0.4, -0.2) is 60.5 Å². The van der Waals surface area contributed by atoms with Crippen molar-refractivity contribution in [2.45, 2.75) is 57.5 Å². The van der Waals surface area contributed by atoms with E-state index in [2.05, 4.69) is 22.0 Å². The van der Waals surface area contributed by atoms with Crippen LogP contribution in [0.4, 0.5) is 0 Å². The minimum atomic E-state index is 0.362. The zero-order chi connectivity index (χ0) is 13.9. The lowest BCUT2D eigenvalue weighted by atomic mass is 10.0. The molecule has 114 valence electrons. The Hall–Kier alpha value is -0.610. The van der Waals surface area contributed by atoms with Crippen LogP contribution < -0.4 is 5.32 Å². The molecule has 2 atom stereocenters. The second-order valence-corrected chi connectivity index (χ2v) is 7.04. The van der Waals surface area contributed by atoms with Gasteiger partial charge in [0, 0.05) is 31.7 Å². The van der Waals surface area contributed by atoms with E-state index in [0.717, 1.165) is 26.2 Å². The van der Waals surface area contributed by atoms with Gasteiger partial charge in [0.1, 0.15) is 0 Å². The van der Waals surface area contributed by atoms with Crippen molar-refractivity contribution in [3.63, 3.8) is 0 Å². The summed E-state index contributed by atoms with van der Waals surface area (Å²) < 4.78 is 0. The average molecular weight is 279 g/mol. The van der Waals surface area contributed by atoms with E-state index in [1.165, 1.54) is 38.5 Å². The van der Waals surface area contributed by atoms with Crippen molar-refractivity contribution in [1.29, 1.82) is 0 Å². The minimum absolute atomic E-state index is 0.362. The quantitative estimate of drug-likeness (QED) is 0.827. The molecule has 4 nitrogen and oxygen atoms in total. The van der Waals surface area contributed by atoms with Crippen LogP contribution >= 0.6 is 0 Å². The van der Waals surface area contributed by atoms with Crippen LogP contribution in [0.2, 0.25) is 0 Å². The molecule has 1 amide bonds. The van der Waals surface area contributed by atoms with Crippen molar-refractivity contribution in [2.75, 3.05) is 32.7 Å². The fraction of sp³-hybridized carbons (Fsp3) is 0.938. The number of nitrogens with one attached hydrogen (secondary N) is 1. The predicted octanol–water partition coefficient (Wildman–Crippen LogP) is 1.46. The number of piperidine rings is 1. The van der Waals surface area contributed by atoms with Gasteiger partial charge in [0.2, 0.25) is 5.91 Å². The highest BCUT2D eigenvalue weighted by atomic mass is 16.2. The first-order chi connectivity index (χ1) is 9.72. The molecule has 1 N–H and O–H groups in total. The first-order valence-electron chi connectivity index (χ1n) is 8.47. The van der Waals surface area contributed by atoms with Crippen LogP contribution in [0.1, 0.15) is 45.4 Å². The summed E-state index contributed by atoms with van der Waals surface area (Å²) in [6, 6.07) is 1.30. The van der Waals surface area contributed by atoms with Crippen LogP contribution in [0.15, 0.2) is 0 Å². The molecule has 0 bridgehead atoms. The van der Waals surface area contributed by atoms with Crippen molar-refractivity contribution in [2.24, 2.45) is 5.92 Å². The summed E-state index contributed by atoms with van der Waals surface area (Å²) in [4.78, 5) is 17.1. The molecule has 0 aromatic heterocycles. The van der Waals surface area contributed by atoms with E-state index in [-0.39, 0.29) is 0 Å². The van der Waals surface area contributed by atoms with Gasteiger partial charge < -0.3 is 10.2 Å². The number of amides is 1. The smallest absolute Gasteiger partial charge is 0.236 e. The molecule has 0 aromatic carbocycles. The molecule has 0 spiro atoms. The normalized spacial score (nSPS) is 31.0. The Labute approximate surface area is 122 Å². The van der Waals surface area contributed by atoms with E-state index in [1.54, 1.807) is 0 Å². The van der Waals surface area contributed by atoms with E-state index in [9.17, 15) is 4.79 Å². The Morgan fingerprint density at radius 1 is 1.25 bits per heavy atom. The Kier molecular flexibility index (Phi) is 4.61. The highest BCUT2D eigenvalue weighted by molar-refractivity contribution is 5.78. The second-order valence-electron chi connectivity index (χ2n) is 7.04. The van der Waals surface area contributed by atoms with Crippen molar-refractivity contribution in [3.8, 4) is 0 Å². The second kappa shape index (κ2) is 6.44. The van der Waals surface area contributed by atoms with E-state index in [4.69, 9.17) is 0 Å². The predicted molar refractivity (Wildman–Crippen MR) is 80.6 cm³/mol. The maximum Gasteiger partial charge on any atom is 0.236 e. The topological polar surface area (TPSA) is 35.6 Å². The molecule has 2 saturated heterocycles. The molecular formula is C16H29N3O. The fourth-order valence-electron chi connectivity index (χ4n) is 3.67. The zero-order valence-electron chi connectivity index (χ0n) is 12.8. The van der Waals surface area contributed by atoms with Gasteiger partial charge in [-0.2, -0.15) is 0 Å². The zero-order valence-corrected chi connectivity index (χ0v) is 12.8. The number of nitrogens with zero attached hydrogens (tertiary/aromatic N) is 2. The van der Waals surface area contributed by atoms with Gasteiger partial charge in [0.05, 0.1) is 6.54 Å². The molecule has 2 aliphatic heterocycles. The monoisotopic (exact) mass is 279 g/mol. The van der Waals surface area contributed by atoms with Gasteiger partial charge in [-0.1, -0.05) is 6.92 Å². The van der Waals surface area contributed by atoms with Crippen molar-refractivity contribution < 1.29 is 4.79 Å². The van der Waals surface area contributed by atoms with Crippen molar-refractivity contribution in [3.05, 3.63) is 0 Å². The maximum atomic E-state index is 12.5. The summed E-state index contributed by atoms with van der Waals surface area (Å²) >= 11 is 0. The summed E-state index contributed by atoms with van der Waals surface area (Å²) in [5.74, 6) is 1.04. The summed E-state index contributed by atoms with van der Waals surface area (Å²) in [5, 5.41) is 3.56. The number of likely N-dealkylation sites (tertiary alicyclic amines) is 1. The Morgan fingerprint density at radius 2 is 2.10 bits per heavy atom. The minimum Gasteiger partial charge on any atom is -0.341 e. The van der Waals surface area contributed by atoms with Gasteiger partial charge in [-0.25, -0.2) is 0 Å². The number of hydrogen-bond donors (Lipinski definition) is 1. The van der Waals surface area contributed by atoms with Gasteiger partial charge in [0.25, 0.3) is 0 Å². The molecule has 3 rings (SSSR count).